The summed E-state index contributed by atoms with van der Waals surface area (Å²) in [6, 6.07) is 9.15. The average molecular weight is 325 g/mol. The predicted octanol–water partition coefficient (Wildman–Crippen LogP) is 0.400. The van der Waals surface area contributed by atoms with Crippen molar-refractivity contribution >= 4 is 15.9 Å². The molecule has 2 N–H and O–H groups in total. The number of nitrogens with zero attached hydrogens (tertiary/aromatic N) is 2. The molecular formula is C15H23N3O3S. The zero-order valence-electron chi connectivity index (χ0n) is 12.6. The van der Waals surface area contributed by atoms with E-state index < -0.39 is 10.0 Å². The Labute approximate surface area is 131 Å². The van der Waals surface area contributed by atoms with Crippen LogP contribution in [-0.4, -0.2) is 56.3 Å². The molecule has 6 nitrogen and oxygen atoms in total. The zero-order chi connectivity index (χ0) is 16.0. The van der Waals surface area contributed by atoms with Gasteiger partial charge >= 0.3 is 0 Å². The van der Waals surface area contributed by atoms with Crippen molar-refractivity contribution in [3.63, 3.8) is 0 Å². The molecule has 1 aliphatic heterocycles. The van der Waals surface area contributed by atoms with Crippen molar-refractivity contribution in [1.29, 1.82) is 0 Å². The first-order valence-corrected chi connectivity index (χ1v) is 9.13. The number of sulfonamides is 1. The van der Waals surface area contributed by atoms with Gasteiger partial charge < -0.3 is 10.6 Å². The fourth-order valence-corrected chi connectivity index (χ4v) is 4.02. The lowest BCUT2D eigenvalue weighted by atomic mass is 10.2. The molecule has 0 spiro atoms. The zero-order valence-corrected chi connectivity index (χ0v) is 13.5. The molecule has 1 aliphatic rings. The number of piperazine rings is 1. The highest BCUT2D eigenvalue weighted by Crippen LogP contribution is 2.14. The highest BCUT2D eigenvalue weighted by atomic mass is 32.2. The van der Waals surface area contributed by atoms with Gasteiger partial charge in [0.05, 0.1) is 5.75 Å². The van der Waals surface area contributed by atoms with E-state index in [0.717, 1.165) is 5.56 Å². The van der Waals surface area contributed by atoms with Gasteiger partial charge in [-0.15, -0.1) is 0 Å². The Balaban J connectivity index is 1.89. The Hall–Kier alpha value is -1.44. The molecule has 1 aromatic carbocycles. The summed E-state index contributed by atoms with van der Waals surface area (Å²) in [6.07, 6.45) is 1.11. The summed E-state index contributed by atoms with van der Waals surface area (Å²) < 4.78 is 26.3. The fraction of sp³-hybridized carbons (Fsp3) is 0.533. The Morgan fingerprint density at radius 2 is 1.73 bits per heavy atom. The van der Waals surface area contributed by atoms with Gasteiger partial charge in [-0.05, 0) is 18.5 Å². The first kappa shape index (κ1) is 16.9. The summed E-state index contributed by atoms with van der Waals surface area (Å²) in [4.78, 5) is 13.6. The number of hydrogen-bond acceptors (Lipinski definition) is 4. The lowest BCUT2D eigenvalue weighted by Crippen LogP contribution is -2.50. The Bertz CT molecular complexity index is 581. The van der Waals surface area contributed by atoms with Crippen LogP contribution in [0.3, 0.4) is 0 Å². The molecule has 122 valence electrons. The molecule has 2 rings (SSSR count). The first-order chi connectivity index (χ1) is 10.5. The van der Waals surface area contributed by atoms with E-state index in [1.807, 2.05) is 30.3 Å². The highest BCUT2D eigenvalue weighted by Gasteiger charge is 2.28. The smallest absolute Gasteiger partial charge is 0.222 e. The van der Waals surface area contributed by atoms with Crippen molar-refractivity contribution < 1.29 is 13.2 Å². The third-order valence-corrected chi connectivity index (χ3v) is 5.62. The standard InChI is InChI=1S/C15H23N3O3S/c16-8-4-7-15(19)17-9-11-18(12-10-17)22(20,21)13-14-5-2-1-3-6-14/h1-3,5-6H,4,7-13,16H2. The molecule has 0 unspecified atom stereocenters. The Kier molecular flexibility index (Phi) is 5.93. The van der Waals surface area contributed by atoms with E-state index in [9.17, 15) is 13.2 Å². The van der Waals surface area contributed by atoms with Crippen molar-refractivity contribution in [3.8, 4) is 0 Å². The molecule has 1 amide bonds. The number of carbonyl (C=O) groups is 1. The Morgan fingerprint density at radius 3 is 2.32 bits per heavy atom. The molecule has 0 saturated carbocycles. The van der Waals surface area contributed by atoms with Crippen molar-refractivity contribution in [3.05, 3.63) is 35.9 Å². The molecular weight excluding hydrogens is 302 g/mol. The van der Waals surface area contributed by atoms with E-state index in [1.165, 1.54) is 4.31 Å². The Morgan fingerprint density at radius 1 is 1.09 bits per heavy atom. The van der Waals surface area contributed by atoms with E-state index in [4.69, 9.17) is 5.73 Å². The van der Waals surface area contributed by atoms with Crippen LogP contribution >= 0.6 is 0 Å². The molecule has 1 heterocycles. The SMILES string of the molecule is NCCCC(=O)N1CCN(S(=O)(=O)Cc2ccccc2)CC1. The normalized spacial score (nSPS) is 16.7. The lowest BCUT2D eigenvalue weighted by molar-refractivity contribution is -0.132. The minimum Gasteiger partial charge on any atom is -0.340 e. The van der Waals surface area contributed by atoms with Gasteiger partial charge in [0.1, 0.15) is 0 Å². The molecule has 0 atom stereocenters. The fourth-order valence-electron chi connectivity index (χ4n) is 2.50. The second kappa shape index (κ2) is 7.71. The van der Waals surface area contributed by atoms with Crippen LogP contribution in [0.5, 0.6) is 0 Å². The van der Waals surface area contributed by atoms with E-state index in [0.29, 0.717) is 45.6 Å². The minimum atomic E-state index is -3.33. The number of rotatable bonds is 6. The van der Waals surface area contributed by atoms with E-state index in [2.05, 4.69) is 0 Å². The highest BCUT2D eigenvalue weighted by molar-refractivity contribution is 7.88. The molecule has 0 bridgehead atoms. The van der Waals surface area contributed by atoms with Crippen LogP contribution in [0, 0.1) is 0 Å². The summed E-state index contributed by atoms with van der Waals surface area (Å²) in [5.74, 6) is 0.0696. The maximum atomic E-state index is 12.4. The number of amides is 1. The number of benzene rings is 1. The molecule has 1 aromatic rings. The molecule has 0 aliphatic carbocycles. The molecule has 7 heteroatoms. The van der Waals surface area contributed by atoms with Crippen LogP contribution in [0.15, 0.2) is 30.3 Å². The second-order valence-electron chi connectivity index (χ2n) is 5.41. The van der Waals surface area contributed by atoms with Crippen LogP contribution in [-0.2, 0) is 20.6 Å². The van der Waals surface area contributed by atoms with Crippen LogP contribution in [0.2, 0.25) is 0 Å². The van der Waals surface area contributed by atoms with Gasteiger partial charge in [-0.2, -0.15) is 4.31 Å². The third-order valence-electron chi connectivity index (χ3n) is 3.77. The summed E-state index contributed by atoms with van der Waals surface area (Å²) in [7, 11) is -3.33. The number of hydrogen-bond donors (Lipinski definition) is 1. The van der Waals surface area contributed by atoms with Crippen molar-refractivity contribution in [2.75, 3.05) is 32.7 Å². The molecule has 0 aromatic heterocycles. The van der Waals surface area contributed by atoms with Gasteiger partial charge in [-0.25, -0.2) is 8.42 Å². The monoisotopic (exact) mass is 325 g/mol. The third kappa shape index (κ3) is 4.53. The summed E-state index contributed by atoms with van der Waals surface area (Å²) in [6.45, 7) is 2.14. The summed E-state index contributed by atoms with van der Waals surface area (Å²) in [5, 5.41) is 0. The molecule has 22 heavy (non-hydrogen) atoms. The maximum absolute atomic E-state index is 12.4. The lowest BCUT2D eigenvalue weighted by Gasteiger charge is -2.34. The van der Waals surface area contributed by atoms with Crippen LogP contribution in [0.1, 0.15) is 18.4 Å². The van der Waals surface area contributed by atoms with Crippen LogP contribution in [0.25, 0.3) is 0 Å². The van der Waals surface area contributed by atoms with Crippen molar-refractivity contribution in [2.45, 2.75) is 18.6 Å². The van der Waals surface area contributed by atoms with Crippen LogP contribution in [0.4, 0.5) is 0 Å². The largest absolute Gasteiger partial charge is 0.340 e. The molecule has 0 radical (unpaired) electrons. The van der Waals surface area contributed by atoms with E-state index >= 15 is 0 Å². The second-order valence-corrected chi connectivity index (χ2v) is 7.38. The number of nitrogens with two attached hydrogens (primary N) is 1. The van der Waals surface area contributed by atoms with Gasteiger partial charge in [0, 0.05) is 32.6 Å². The summed E-state index contributed by atoms with van der Waals surface area (Å²) >= 11 is 0. The van der Waals surface area contributed by atoms with Gasteiger partial charge in [0.15, 0.2) is 0 Å². The quantitative estimate of drug-likeness (QED) is 0.820. The van der Waals surface area contributed by atoms with E-state index in [1.54, 1.807) is 4.90 Å². The molecule has 1 saturated heterocycles. The van der Waals surface area contributed by atoms with Crippen molar-refractivity contribution in [2.24, 2.45) is 5.73 Å². The van der Waals surface area contributed by atoms with E-state index in [-0.39, 0.29) is 11.7 Å². The van der Waals surface area contributed by atoms with Gasteiger partial charge in [-0.3, -0.25) is 4.79 Å². The van der Waals surface area contributed by atoms with Crippen molar-refractivity contribution in [1.82, 2.24) is 9.21 Å². The number of carbonyl (C=O) groups excluding carboxylic acids is 1. The summed E-state index contributed by atoms with van der Waals surface area (Å²) in [5.41, 5.74) is 6.18. The van der Waals surface area contributed by atoms with Crippen LogP contribution < -0.4 is 5.73 Å². The predicted molar refractivity (Wildman–Crippen MR) is 85.5 cm³/mol. The molecule has 1 fully saturated rings. The topological polar surface area (TPSA) is 83.7 Å². The van der Waals surface area contributed by atoms with Gasteiger partial charge in [-0.1, -0.05) is 30.3 Å². The first-order valence-electron chi connectivity index (χ1n) is 7.52. The van der Waals surface area contributed by atoms with Gasteiger partial charge in [0.25, 0.3) is 0 Å². The minimum absolute atomic E-state index is 0.00889. The average Bonchev–Trinajstić information content (AvgIpc) is 2.53. The maximum Gasteiger partial charge on any atom is 0.222 e. The van der Waals surface area contributed by atoms with Gasteiger partial charge in [0.2, 0.25) is 15.9 Å².